The van der Waals surface area contributed by atoms with Crippen molar-refractivity contribution in [3.8, 4) is 0 Å². The van der Waals surface area contributed by atoms with Gasteiger partial charge in [0.15, 0.2) is 5.65 Å². The van der Waals surface area contributed by atoms with Crippen molar-refractivity contribution in [2.45, 2.75) is 36.6 Å². The molecule has 2 N–H and O–H groups in total. The van der Waals surface area contributed by atoms with E-state index in [9.17, 15) is 8.42 Å². The lowest BCUT2D eigenvalue weighted by Gasteiger charge is -2.17. The molecule has 0 saturated heterocycles. The molecule has 6 nitrogen and oxygen atoms in total. The molecule has 33 heavy (non-hydrogen) atoms. The third-order valence-corrected chi connectivity index (χ3v) is 8.03. The van der Waals surface area contributed by atoms with Crippen LogP contribution in [0, 0.1) is 13.8 Å². The second-order valence-corrected chi connectivity index (χ2v) is 10.2. The molecule has 5 aromatic rings. The van der Waals surface area contributed by atoms with Gasteiger partial charge < -0.3 is 10.3 Å². The van der Waals surface area contributed by atoms with Crippen LogP contribution in [-0.2, 0) is 9.84 Å². The van der Waals surface area contributed by atoms with Crippen LogP contribution in [0.5, 0.6) is 0 Å². The molecule has 5 rings (SSSR count). The Labute approximate surface area is 192 Å². The van der Waals surface area contributed by atoms with Gasteiger partial charge in [-0.25, -0.2) is 18.4 Å². The molecule has 2 aromatic heterocycles. The van der Waals surface area contributed by atoms with Crippen molar-refractivity contribution in [3.05, 3.63) is 89.5 Å². The van der Waals surface area contributed by atoms with Gasteiger partial charge in [-0.3, -0.25) is 0 Å². The lowest BCUT2D eigenvalue weighted by atomic mass is 10.1. The average molecular weight is 457 g/mol. The number of aryl methyl sites for hydroxylation is 2. The van der Waals surface area contributed by atoms with E-state index in [1.54, 1.807) is 16.7 Å². The van der Waals surface area contributed by atoms with Crippen molar-refractivity contribution in [1.82, 2.24) is 14.5 Å². The Hall–Kier alpha value is -3.71. The summed E-state index contributed by atoms with van der Waals surface area (Å²) in [6.45, 7) is 5.82. The minimum atomic E-state index is -3.95. The van der Waals surface area contributed by atoms with Crippen molar-refractivity contribution in [2.24, 2.45) is 0 Å². The molecular formula is C26H24N4O2S. The van der Waals surface area contributed by atoms with Crippen LogP contribution in [0.3, 0.4) is 0 Å². The third kappa shape index (κ3) is 3.36. The highest BCUT2D eigenvalue weighted by Crippen LogP contribution is 2.38. The number of para-hydroxylation sites is 2. The normalized spacial score (nSPS) is 12.9. The van der Waals surface area contributed by atoms with Gasteiger partial charge in [-0.15, -0.1) is 0 Å². The molecule has 0 aliphatic carbocycles. The van der Waals surface area contributed by atoms with Gasteiger partial charge in [0.25, 0.3) is 0 Å². The standard InChI is InChI=1S/C26H24N4O2S/c1-16-13-14-20(15-17(16)2)33(31,32)24-23-26(29-22-12-8-7-11-21(22)28-23)30(25(24)27)18(3)19-9-5-4-6-10-19/h4-15,18H,27H2,1-3H3/t18-/m1/s1. The molecule has 2 heterocycles. The van der Waals surface area contributed by atoms with Crippen LogP contribution in [0.1, 0.15) is 29.7 Å². The smallest absolute Gasteiger partial charge is 0.212 e. The van der Waals surface area contributed by atoms with E-state index < -0.39 is 9.84 Å². The third-order valence-electron chi connectivity index (χ3n) is 6.21. The van der Waals surface area contributed by atoms with Crippen molar-refractivity contribution < 1.29 is 8.42 Å². The number of hydrogen-bond acceptors (Lipinski definition) is 5. The molecule has 0 bridgehead atoms. The minimum absolute atomic E-state index is 0.00165. The highest BCUT2D eigenvalue weighted by atomic mass is 32.2. The first-order chi connectivity index (χ1) is 15.8. The Morgan fingerprint density at radius 3 is 2.15 bits per heavy atom. The second-order valence-electron chi connectivity index (χ2n) is 8.31. The molecule has 1 atom stereocenters. The van der Waals surface area contributed by atoms with Gasteiger partial charge in [0.1, 0.15) is 16.2 Å². The van der Waals surface area contributed by atoms with E-state index in [0.29, 0.717) is 16.7 Å². The predicted octanol–water partition coefficient (Wildman–Crippen LogP) is 5.23. The number of aromatic nitrogens is 3. The Kier molecular flexibility index (Phi) is 4.94. The zero-order valence-electron chi connectivity index (χ0n) is 18.6. The fraction of sp³-hybridized carbons (Fsp3) is 0.154. The van der Waals surface area contributed by atoms with Crippen LogP contribution >= 0.6 is 0 Å². The number of rotatable bonds is 4. The maximum atomic E-state index is 13.9. The van der Waals surface area contributed by atoms with E-state index in [2.05, 4.69) is 0 Å². The van der Waals surface area contributed by atoms with Crippen molar-refractivity contribution in [1.29, 1.82) is 0 Å². The van der Waals surface area contributed by atoms with E-state index in [1.165, 1.54) is 0 Å². The SMILES string of the molecule is Cc1ccc(S(=O)(=O)c2c(N)n([C@H](C)c3ccccc3)c3nc4ccccc4nc23)cc1C. The van der Waals surface area contributed by atoms with E-state index in [0.717, 1.165) is 16.7 Å². The quantitative estimate of drug-likeness (QED) is 0.400. The molecule has 166 valence electrons. The largest absolute Gasteiger partial charge is 0.384 e. The Balaban J connectivity index is 1.86. The van der Waals surface area contributed by atoms with Gasteiger partial charge in [-0.1, -0.05) is 48.5 Å². The average Bonchev–Trinajstić information content (AvgIpc) is 3.10. The van der Waals surface area contributed by atoms with Gasteiger partial charge in [-0.05, 0) is 61.7 Å². The Morgan fingerprint density at radius 1 is 0.848 bits per heavy atom. The first-order valence-electron chi connectivity index (χ1n) is 10.7. The van der Waals surface area contributed by atoms with E-state index in [4.69, 9.17) is 15.7 Å². The molecule has 7 heteroatoms. The van der Waals surface area contributed by atoms with E-state index in [1.807, 2.05) is 81.4 Å². The molecule has 0 saturated carbocycles. The summed E-state index contributed by atoms with van der Waals surface area (Å²) < 4.78 is 29.5. The van der Waals surface area contributed by atoms with Crippen molar-refractivity contribution in [2.75, 3.05) is 5.73 Å². The van der Waals surface area contributed by atoms with Gasteiger partial charge in [0, 0.05) is 0 Å². The molecule has 0 unspecified atom stereocenters. The molecule has 0 radical (unpaired) electrons. The minimum Gasteiger partial charge on any atom is -0.384 e. The fourth-order valence-electron chi connectivity index (χ4n) is 4.19. The summed E-state index contributed by atoms with van der Waals surface area (Å²) in [5.41, 5.74) is 11.6. The van der Waals surface area contributed by atoms with E-state index in [-0.39, 0.29) is 27.2 Å². The number of anilines is 1. The van der Waals surface area contributed by atoms with Crippen LogP contribution < -0.4 is 5.73 Å². The molecule has 0 aliphatic rings. The lowest BCUT2D eigenvalue weighted by molar-refractivity contribution is 0.596. The molecule has 0 spiro atoms. The fourth-order valence-corrected chi connectivity index (χ4v) is 5.77. The number of sulfone groups is 1. The van der Waals surface area contributed by atoms with Crippen LogP contribution in [-0.4, -0.2) is 23.0 Å². The first kappa shape index (κ1) is 21.2. The van der Waals surface area contributed by atoms with Crippen LogP contribution in [0.25, 0.3) is 22.2 Å². The second kappa shape index (κ2) is 7.71. The monoisotopic (exact) mass is 456 g/mol. The molecule has 0 aliphatic heterocycles. The van der Waals surface area contributed by atoms with Gasteiger partial charge in [0.05, 0.1) is 22.0 Å². The van der Waals surface area contributed by atoms with E-state index >= 15 is 0 Å². The highest BCUT2D eigenvalue weighted by molar-refractivity contribution is 7.92. The maximum Gasteiger partial charge on any atom is 0.212 e. The maximum absolute atomic E-state index is 13.9. The van der Waals surface area contributed by atoms with Crippen LogP contribution in [0.2, 0.25) is 0 Å². The summed E-state index contributed by atoms with van der Waals surface area (Å²) in [6.07, 6.45) is 0. The number of nitrogens with two attached hydrogens (primary N) is 1. The number of fused-ring (bicyclic) bond motifs is 2. The van der Waals surface area contributed by atoms with Crippen LogP contribution in [0.4, 0.5) is 5.82 Å². The molecule has 0 fully saturated rings. The summed E-state index contributed by atoms with van der Waals surface area (Å²) >= 11 is 0. The predicted molar refractivity (Wildman–Crippen MR) is 131 cm³/mol. The van der Waals surface area contributed by atoms with Gasteiger partial charge in [0.2, 0.25) is 9.84 Å². The number of benzene rings is 3. The summed E-state index contributed by atoms with van der Waals surface area (Å²) in [4.78, 5) is 9.72. The Morgan fingerprint density at radius 2 is 1.48 bits per heavy atom. The summed E-state index contributed by atoms with van der Waals surface area (Å²) in [7, 11) is -3.95. The molecule has 0 amide bonds. The summed E-state index contributed by atoms with van der Waals surface area (Å²) in [5, 5.41) is 0. The topological polar surface area (TPSA) is 90.9 Å². The Bertz CT molecular complexity index is 1620. The zero-order chi connectivity index (χ0) is 23.3. The number of hydrogen-bond donors (Lipinski definition) is 1. The first-order valence-corrected chi connectivity index (χ1v) is 12.2. The molecular weight excluding hydrogens is 432 g/mol. The number of nitrogen functional groups attached to an aromatic ring is 1. The zero-order valence-corrected chi connectivity index (χ0v) is 19.5. The van der Waals surface area contributed by atoms with Gasteiger partial charge in [-0.2, -0.15) is 0 Å². The molecule has 3 aromatic carbocycles. The highest BCUT2D eigenvalue weighted by Gasteiger charge is 2.32. The summed E-state index contributed by atoms with van der Waals surface area (Å²) in [5.74, 6) is 0.134. The van der Waals surface area contributed by atoms with Gasteiger partial charge >= 0.3 is 0 Å². The summed E-state index contributed by atoms with van der Waals surface area (Å²) in [6, 6.07) is 22.1. The van der Waals surface area contributed by atoms with Crippen LogP contribution in [0.15, 0.2) is 82.6 Å². The van der Waals surface area contributed by atoms with Crippen molar-refractivity contribution in [3.63, 3.8) is 0 Å². The number of nitrogens with zero attached hydrogens (tertiary/aromatic N) is 3. The van der Waals surface area contributed by atoms with Crippen molar-refractivity contribution >= 4 is 37.9 Å². The lowest BCUT2D eigenvalue weighted by Crippen LogP contribution is -2.12.